The van der Waals surface area contributed by atoms with Gasteiger partial charge in [-0.05, 0) is 45.0 Å². The number of nitriles is 1. The van der Waals surface area contributed by atoms with Crippen molar-refractivity contribution in [2.45, 2.75) is 50.7 Å². The molecule has 0 aliphatic carbocycles. The second-order valence-electron chi connectivity index (χ2n) is 8.99. The third kappa shape index (κ3) is 5.52. The maximum absolute atomic E-state index is 16.2. The molecule has 3 heterocycles. The Morgan fingerprint density at radius 3 is 2.77 bits per heavy atom. The van der Waals surface area contributed by atoms with Gasteiger partial charge in [-0.3, -0.25) is 9.32 Å². The predicted molar refractivity (Wildman–Crippen MR) is 135 cm³/mol. The number of carbonyl (C=O) groups is 1. The van der Waals surface area contributed by atoms with E-state index in [4.69, 9.17) is 18.5 Å². The lowest BCUT2D eigenvalue weighted by atomic mass is 9.82. The number of rotatable bonds is 11. The topological polar surface area (TPSA) is 157 Å². The van der Waals surface area contributed by atoms with Gasteiger partial charge in [-0.2, -0.15) is 10.4 Å². The summed E-state index contributed by atoms with van der Waals surface area (Å²) in [4.78, 5) is 15.8. The summed E-state index contributed by atoms with van der Waals surface area (Å²) in [5, 5.41) is 27.8. The second kappa shape index (κ2) is 11.4. The molecule has 14 heteroatoms. The van der Waals surface area contributed by atoms with Crippen LogP contribution in [0.5, 0.6) is 5.75 Å². The Morgan fingerprint density at radius 2 is 2.08 bits per heavy atom. The molecule has 1 fully saturated rings. The van der Waals surface area contributed by atoms with Gasteiger partial charge in [-0.1, -0.05) is 18.2 Å². The van der Waals surface area contributed by atoms with Crippen LogP contribution in [0.15, 0.2) is 48.8 Å². The highest BCUT2D eigenvalue weighted by molar-refractivity contribution is 7.52. The summed E-state index contributed by atoms with van der Waals surface area (Å²) < 4.78 is 53.0. The van der Waals surface area contributed by atoms with Gasteiger partial charge in [0.15, 0.2) is 5.67 Å². The van der Waals surface area contributed by atoms with E-state index in [0.29, 0.717) is 11.2 Å². The second-order valence-corrected chi connectivity index (χ2v) is 10.7. The van der Waals surface area contributed by atoms with Gasteiger partial charge in [-0.25, -0.2) is 23.5 Å². The van der Waals surface area contributed by atoms with Crippen molar-refractivity contribution in [1.29, 1.82) is 5.26 Å². The third-order valence-corrected chi connectivity index (χ3v) is 7.96. The van der Waals surface area contributed by atoms with E-state index in [0.717, 1.165) is 6.92 Å². The number of benzene rings is 1. The molecule has 1 unspecified atom stereocenters. The number of aliphatic hydroxyl groups excluding tert-OH is 1. The SMILES string of the molecule is CCOC(=O)CCNP(=O)(OC[C@H]1O[C@@](C#N)(c2ccc3c(C)ncnn23)[C@](C)(F)[C@@H]1O)Oc1ccccc1. The standard InChI is InChI=1S/C25H29FN5O7P/c1-4-35-22(32)12-13-30-39(34,38-18-8-6-5-7-9-18)36-14-20-23(33)24(3,26)25(15-27,37-20)21-11-10-19-17(2)28-16-29-31(19)21/h5-11,16,20,23,33H,4,12-14H2,1-3H3,(H,30,34)/t20-,23-,24-,25+,39?/m1/s1. The number of carbonyl (C=O) groups excluding carboxylic acids is 1. The van der Waals surface area contributed by atoms with E-state index in [2.05, 4.69) is 15.2 Å². The third-order valence-electron chi connectivity index (χ3n) is 6.40. The minimum Gasteiger partial charge on any atom is -0.466 e. The molecule has 12 nitrogen and oxygen atoms in total. The Labute approximate surface area is 224 Å². The fourth-order valence-electron chi connectivity index (χ4n) is 4.34. The van der Waals surface area contributed by atoms with Gasteiger partial charge >= 0.3 is 13.7 Å². The number of aliphatic hydroxyl groups is 1. The van der Waals surface area contributed by atoms with Crippen molar-refractivity contribution in [3.8, 4) is 11.8 Å². The summed E-state index contributed by atoms with van der Waals surface area (Å²) in [6, 6.07) is 13.1. The Bertz CT molecular complexity index is 1410. The number of hydrogen-bond acceptors (Lipinski definition) is 10. The molecule has 0 saturated carbocycles. The number of aryl methyl sites for hydroxylation is 1. The van der Waals surface area contributed by atoms with Gasteiger partial charge in [0.1, 0.15) is 30.4 Å². The summed E-state index contributed by atoms with van der Waals surface area (Å²) in [5.74, 6) is -0.315. The smallest absolute Gasteiger partial charge is 0.458 e. The zero-order valence-corrected chi connectivity index (χ0v) is 22.5. The molecule has 1 aliphatic heterocycles. The Morgan fingerprint density at radius 1 is 1.33 bits per heavy atom. The van der Waals surface area contributed by atoms with Crippen LogP contribution in [-0.4, -0.2) is 63.3 Å². The number of para-hydroxylation sites is 1. The number of aromatic nitrogens is 3. The number of ether oxygens (including phenoxy) is 2. The van der Waals surface area contributed by atoms with E-state index in [-0.39, 0.29) is 31.0 Å². The summed E-state index contributed by atoms with van der Waals surface area (Å²) in [7, 11) is -4.17. The van der Waals surface area contributed by atoms with Gasteiger partial charge in [0, 0.05) is 6.54 Å². The molecule has 0 radical (unpaired) electrons. The summed E-state index contributed by atoms with van der Waals surface area (Å²) in [6.45, 7) is 3.90. The van der Waals surface area contributed by atoms with Crippen molar-refractivity contribution in [1.82, 2.24) is 19.7 Å². The molecule has 2 aromatic heterocycles. The predicted octanol–water partition coefficient (Wildman–Crippen LogP) is 2.99. The summed E-state index contributed by atoms with van der Waals surface area (Å²) >= 11 is 0. The number of nitrogens with one attached hydrogen (secondary N) is 1. The van der Waals surface area contributed by atoms with Crippen molar-refractivity contribution in [3.63, 3.8) is 0 Å². The van der Waals surface area contributed by atoms with Gasteiger partial charge < -0.3 is 19.1 Å². The van der Waals surface area contributed by atoms with Crippen LogP contribution < -0.4 is 9.61 Å². The minimum absolute atomic E-state index is 0.0494. The van der Waals surface area contributed by atoms with Crippen LogP contribution >= 0.6 is 7.75 Å². The molecule has 0 bridgehead atoms. The van der Waals surface area contributed by atoms with Crippen LogP contribution in [-0.2, 0) is 29.0 Å². The summed E-state index contributed by atoms with van der Waals surface area (Å²) in [5.41, 5.74) is -3.73. The van der Waals surface area contributed by atoms with Crippen molar-refractivity contribution in [3.05, 3.63) is 60.2 Å². The average Bonchev–Trinajstić information content (AvgIpc) is 3.42. The highest BCUT2D eigenvalue weighted by atomic mass is 31.2. The van der Waals surface area contributed by atoms with Crippen molar-refractivity contribution < 1.29 is 37.4 Å². The molecule has 4 rings (SSSR count). The molecule has 0 amide bonds. The van der Waals surface area contributed by atoms with Crippen LogP contribution in [0.3, 0.4) is 0 Å². The van der Waals surface area contributed by atoms with Crippen LogP contribution in [0.1, 0.15) is 31.7 Å². The zero-order chi connectivity index (χ0) is 28.3. The first kappa shape index (κ1) is 28.6. The maximum atomic E-state index is 16.2. The quantitative estimate of drug-likeness (QED) is 0.262. The molecule has 1 aliphatic rings. The molecule has 3 aromatic rings. The van der Waals surface area contributed by atoms with E-state index in [1.165, 1.54) is 16.9 Å². The molecule has 1 saturated heterocycles. The molecule has 0 spiro atoms. The van der Waals surface area contributed by atoms with Gasteiger partial charge in [-0.15, -0.1) is 0 Å². The lowest BCUT2D eigenvalue weighted by molar-refractivity contribution is -0.142. The van der Waals surface area contributed by atoms with Gasteiger partial charge in [0.05, 0.1) is 36.5 Å². The molecule has 1 aromatic carbocycles. The van der Waals surface area contributed by atoms with E-state index in [9.17, 15) is 19.7 Å². The van der Waals surface area contributed by atoms with Crippen molar-refractivity contribution in [2.75, 3.05) is 19.8 Å². The minimum atomic E-state index is -4.17. The molecular weight excluding hydrogens is 532 g/mol. The van der Waals surface area contributed by atoms with E-state index < -0.39 is 43.8 Å². The Kier molecular flexibility index (Phi) is 8.34. The monoisotopic (exact) mass is 561 g/mol. The van der Waals surface area contributed by atoms with E-state index in [1.54, 1.807) is 50.2 Å². The first-order valence-corrected chi connectivity index (χ1v) is 13.8. The molecule has 2 N–H and O–H groups in total. The van der Waals surface area contributed by atoms with Gasteiger partial charge in [0.25, 0.3) is 0 Å². The Balaban J connectivity index is 1.57. The number of nitrogens with zero attached hydrogens (tertiary/aromatic N) is 4. The lowest BCUT2D eigenvalue weighted by Gasteiger charge is -2.30. The number of alkyl halides is 1. The zero-order valence-electron chi connectivity index (χ0n) is 21.6. The first-order chi connectivity index (χ1) is 18.6. The maximum Gasteiger partial charge on any atom is 0.458 e. The molecule has 39 heavy (non-hydrogen) atoms. The molecular formula is C25H29FN5O7P. The van der Waals surface area contributed by atoms with E-state index in [1.807, 2.05) is 6.07 Å². The number of fused-ring (bicyclic) bond motifs is 1. The van der Waals surface area contributed by atoms with Crippen LogP contribution in [0.2, 0.25) is 0 Å². The van der Waals surface area contributed by atoms with Crippen molar-refractivity contribution in [2.24, 2.45) is 0 Å². The van der Waals surface area contributed by atoms with Crippen molar-refractivity contribution >= 4 is 19.2 Å². The number of esters is 1. The van der Waals surface area contributed by atoms with Gasteiger partial charge in [0.2, 0.25) is 5.60 Å². The lowest BCUT2D eigenvalue weighted by Crippen LogP contribution is -2.48. The average molecular weight is 562 g/mol. The fraction of sp³-hybridized carbons (Fsp3) is 0.440. The molecule has 5 atom stereocenters. The number of halogens is 1. The Hall–Kier alpha value is -3.40. The highest BCUT2D eigenvalue weighted by Gasteiger charge is 2.67. The largest absolute Gasteiger partial charge is 0.466 e. The highest BCUT2D eigenvalue weighted by Crippen LogP contribution is 2.51. The normalized spacial score (nSPS) is 26.2. The first-order valence-electron chi connectivity index (χ1n) is 12.2. The molecule has 208 valence electrons. The summed E-state index contributed by atoms with van der Waals surface area (Å²) in [6.07, 6.45) is -2.13. The van der Waals surface area contributed by atoms with Crippen LogP contribution in [0.25, 0.3) is 5.52 Å². The fourth-order valence-corrected chi connectivity index (χ4v) is 5.68. The van der Waals surface area contributed by atoms with Crippen LogP contribution in [0.4, 0.5) is 4.39 Å². The van der Waals surface area contributed by atoms with E-state index >= 15 is 4.39 Å². The van der Waals surface area contributed by atoms with Crippen LogP contribution in [0, 0.1) is 18.3 Å². The number of hydrogen-bond donors (Lipinski definition) is 2.